The SMILES string of the molecule is CCCCc1oc2ccc(Br)cc2c1C(=O)Cc1ccc(O)cc1. The number of Topliss-reactive ketones (excluding diaryl/α,β-unsaturated/α-hetero) is 1. The second-order valence-corrected chi connectivity index (χ2v) is 6.83. The smallest absolute Gasteiger partial charge is 0.171 e. The summed E-state index contributed by atoms with van der Waals surface area (Å²) in [6.07, 6.45) is 3.09. The number of hydrogen-bond acceptors (Lipinski definition) is 3. The second kappa shape index (κ2) is 7.22. The zero-order valence-electron chi connectivity index (χ0n) is 13.5. The standard InChI is InChI=1S/C20H19BrO3/c1-2-3-4-19-20(16-12-14(21)7-10-18(16)24-19)17(23)11-13-5-8-15(22)9-6-13/h5-10,12,22H,2-4,11H2,1H3. The third kappa shape index (κ3) is 3.54. The summed E-state index contributed by atoms with van der Waals surface area (Å²) in [4.78, 5) is 12.9. The van der Waals surface area contributed by atoms with Crippen molar-refractivity contribution in [3.8, 4) is 5.75 Å². The zero-order chi connectivity index (χ0) is 17.1. The van der Waals surface area contributed by atoms with Gasteiger partial charge in [0.1, 0.15) is 17.1 Å². The highest BCUT2D eigenvalue weighted by Crippen LogP contribution is 2.31. The van der Waals surface area contributed by atoms with Crippen LogP contribution in [0.15, 0.2) is 51.4 Å². The maximum atomic E-state index is 12.9. The van der Waals surface area contributed by atoms with Crippen LogP contribution in [0.1, 0.15) is 41.4 Å². The molecule has 1 N–H and O–H groups in total. The lowest BCUT2D eigenvalue weighted by molar-refractivity contribution is 0.0992. The zero-order valence-corrected chi connectivity index (χ0v) is 15.1. The summed E-state index contributed by atoms with van der Waals surface area (Å²) in [6.45, 7) is 2.12. The van der Waals surface area contributed by atoms with E-state index in [0.29, 0.717) is 12.0 Å². The number of hydrogen-bond donors (Lipinski definition) is 1. The summed E-state index contributed by atoms with van der Waals surface area (Å²) in [5.41, 5.74) is 2.31. The van der Waals surface area contributed by atoms with E-state index in [1.807, 2.05) is 18.2 Å². The molecule has 1 aromatic heterocycles. The maximum absolute atomic E-state index is 12.9. The van der Waals surface area contributed by atoms with Crippen molar-refractivity contribution in [1.29, 1.82) is 0 Å². The molecule has 3 aromatic rings. The number of unbranched alkanes of at least 4 members (excludes halogenated alkanes) is 1. The number of fused-ring (bicyclic) bond motifs is 1. The van der Waals surface area contributed by atoms with Gasteiger partial charge in [-0.15, -0.1) is 0 Å². The lowest BCUT2D eigenvalue weighted by Gasteiger charge is -2.04. The van der Waals surface area contributed by atoms with E-state index in [1.54, 1.807) is 24.3 Å². The molecule has 3 rings (SSSR count). The molecule has 0 fully saturated rings. The molecule has 0 saturated carbocycles. The van der Waals surface area contributed by atoms with E-state index < -0.39 is 0 Å². The predicted octanol–water partition coefficient (Wildman–Crippen LogP) is 5.67. The van der Waals surface area contributed by atoms with Crippen LogP contribution < -0.4 is 0 Å². The molecule has 0 aliphatic heterocycles. The second-order valence-electron chi connectivity index (χ2n) is 5.91. The number of ketones is 1. The highest BCUT2D eigenvalue weighted by molar-refractivity contribution is 9.10. The van der Waals surface area contributed by atoms with Crippen molar-refractivity contribution in [2.24, 2.45) is 0 Å². The molecule has 0 bridgehead atoms. The molecule has 24 heavy (non-hydrogen) atoms. The number of phenolic OH excluding ortho intramolecular Hbond substituents is 1. The Hall–Kier alpha value is -2.07. The Labute approximate surface area is 149 Å². The first-order chi connectivity index (χ1) is 11.6. The van der Waals surface area contributed by atoms with E-state index in [0.717, 1.165) is 46.0 Å². The fraction of sp³-hybridized carbons (Fsp3) is 0.250. The average Bonchev–Trinajstić information content (AvgIpc) is 2.92. The number of phenols is 1. The van der Waals surface area contributed by atoms with Gasteiger partial charge < -0.3 is 9.52 Å². The monoisotopic (exact) mass is 386 g/mol. The quantitative estimate of drug-likeness (QED) is 0.555. The van der Waals surface area contributed by atoms with Crippen LogP contribution in [0.5, 0.6) is 5.75 Å². The van der Waals surface area contributed by atoms with Crippen LogP contribution in [0.25, 0.3) is 11.0 Å². The molecule has 0 atom stereocenters. The third-order valence-electron chi connectivity index (χ3n) is 4.06. The molecule has 0 aliphatic carbocycles. The van der Waals surface area contributed by atoms with Crippen LogP contribution in [0.4, 0.5) is 0 Å². The van der Waals surface area contributed by atoms with Crippen LogP contribution >= 0.6 is 15.9 Å². The van der Waals surface area contributed by atoms with E-state index in [4.69, 9.17) is 4.42 Å². The highest BCUT2D eigenvalue weighted by atomic mass is 79.9. The summed E-state index contributed by atoms with van der Waals surface area (Å²) in [7, 11) is 0. The third-order valence-corrected chi connectivity index (χ3v) is 4.55. The molecule has 124 valence electrons. The molecule has 0 amide bonds. The Kier molecular flexibility index (Phi) is 5.05. The summed E-state index contributed by atoms with van der Waals surface area (Å²) in [5, 5.41) is 10.2. The fourth-order valence-corrected chi connectivity index (χ4v) is 3.19. The van der Waals surface area contributed by atoms with E-state index in [1.165, 1.54) is 0 Å². The van der Waals surface area contributed by atoms with Gasteiger partial charge in [0.15, 0.2) is 5.78 Å². The molecule has 0 unspecified atom stereocenters. The van der Waals surface area contributed by atoms with Crippen LogP contribution in [-0.4, -0.2) is 10.9 Å². The molecule has 4 heteroatoms. The van der Waals surface area contributed by atoms with Gasteiger partial charge in [-0.3, -0.25) is 4.79 Å². The summed E-state index contributed by atoms with van der Waals surface area (Å²) >= 11 is 3.47. The molecular formula is C20H19BrO3. The first kappa shape index (κ1) is 16.8. The lowest BCUT2D eigenvalue weighted by Crippen LogP contribution is -2.06. The van der Waals surface area contributed by atoms with Gasteiger partial charge in [-0.2, -0.15) is 0 Å². The van der Waals surface area contributed by atoms with Gasteiger partial charge in [-0.05, 0) is 42.3 Å². The predicted molar refractivity (Wildman–Crippen MR) is 98.7 cm³/mol. The molecule has 0 radical (unpaired) electrons. The number of carbonyl (C=O) groups excluding carboxylic acids is 1. The van der Waals surface area contributed by atoms with Gasteiger partial charge in [0.25, 0.3) is 0 Å². The van der Waals surface area contributed by atoms with Crippen LogP contribution in [-0.2, 0) is 12.8 Å². The van der Waals surface area contributed by atoms with Crippen molar-refractivity contribution in [3.63, 3.8) is 0 Å². The van der Waals surface area contributed by atoms with Crippen molar-refractivity contribution in [2.45, 2.75) is 32.6 Å². The van der Waals surface area contributed by atoms with Crippen LogP contribution in [0, 0.1) is 0 Å². The fourth-order valence-electron chi connectivity index (χ4n) is 2.83. The van der Waals surface area contributed by atoms with E-state index in [2.05, 4.69) is 22.9 Å². The van der Waals surface area contributed by atoms with Crippen LogP contribution in [0.2, 0.25) is 0 Å². The highest BCUT2D eigenvalue weighted by Gasteiger charge is 2.20. The van der Waals surface area contributed by atoms with E-state index in [-0.39, 0.29) is 11.5 Å². The molecule has 3 nitrogen and oxygen atoms in total. The molecular weight excluding hydrogens is 368 g/mol. The summed E-state index contributed by atoms with van der Waals surface area (Å²) in [5.74, 6) is 1.02. The molecule has 0 spiro atoms. The molecule has 0 aliphatic rings. The van der Waals surface area contributed by atoms with Crippen molar-refractivity contribution >= 4 is 32.7 Å². The van der Waals surface area contributed by atoms with Crippen molar-refractivity contribution in [3.05, 3.63) is 63.8 Å². The Balaban J connectivity index is 1.99. The topological polar surface area (TPSA) is 50.4 Å². The lowest BCUT2D eigenvalue weighted by atomic mass is 9.98. The maximum Gasteiger partial charge on any atom is 0.171 e. The number of aromatic hydroxyl groups is 1. The Morgan fingerprint density at radius 2 is 1.92 bits per heavy atom. The minimum atomic E-state index is 0.0450. The number of furan rings is 1. The van der Waals surface area contributed by atoms with Gasteiger partial charge >= 0.3 is 0 Å². The van der Waals surface area contributed by atoms with Crippen molar-refractivity contribution in [1.82, 2.24) is 0 Å². The van der Waals surface area contributed by atoms with Crippen LogP contribution in [0.3, 0.4) is 0 Å². The van der Waals surface area contributed by atoms with Gasteiger partial charge in [-0.1, -0.05) is 41.4 Å². The largest absolute Gasteiger partial charge is 0.508 e. The van der Waals surface area contributed by atoms with E-state index >= 15 is 0 Å². The van der Waals surface area contributed by atoms with Gasteiger partial charge in [0.2, 0.25) is 0 Å². The number of carbonyl (C=O) groups is 1. The summed E-state index contributed by atoms with van der Waals surface area (Å²) < 4.78 is 6.88. The first-order valence-corrected chi connectivity index (χ1v) is 8.90. The minimum Gasteiger partial charge on any atom is -0.508 e. The number of halogens is 1. The first-order valence-electron chi connectivity index (χ1n) is 8.10. The van der Waals surface area contributed by atoms with Crippen molar-refractivity contribution in [2.75, 3.05) is 0 Å². The average molecular weight is 387 g/mol. The minimum absolute atomic E-state index is 0.0450. The number of benzene rings is 2. The molecule has 2 aromatic carbocycles. The van der Waals surface area contributed by atoms with Crippen molar-refractivity contribution < 1.29 is 14.3 Å². The Morgan fingerprint density at radius 1 is 1.17 bits per heavy atom. The Bertz CT molecular complexity index is 862. The number of aryl methyl sites for hydroxylation is 1. The van der Waals surface area contributed by atoms with Gasteiger partial charge in [0.05, 0.1) is 5.56 Å². The van der Waals surface area contributed by atoms with Gasteiger partial charge in [0, 0.05) is 22.7 Å². The Morgan fingerprint density at radius 3 is 2.62 bits per heavy atom. The molecule has 1 heterocycles. The van der Waals surface area contributed by atoms with Gasteiger partial charge in [-0.25, -0.2) is 0 Å². The number of rotatable bonds is 6. The normalized spacial score (nSPS) is 11.1. The molecule has 0 saturated heterocycles. The summed E-state index contributed by atoms with van der Waals surface area (Å²) in [6, 6.07) is 12.5. The van der Waals surface area contributed by atoms with E-state index in [9.17, 15) is 9.90 Å².